The van der Waals surface area contributed by atoms with Crippen LogP contribution in [0, 0.1) is 5.82 Å². The van der Waals surface area contributed by atoms with Crippen LogP contribution in [-0.2, 0) is 6.54 Å². The maximum absolute atomic E-state index is 14.6. The summed E-state index contributed by atoms with van der Waals surface area (Å²) in [4.78, 5) is 25.4. The molecule has 0 aliphatic carbocycles. The summed E-state index contributed by atoms with van der Waals surface area (Å²) in [5.74, 6) is -2.01. The molecule has 1 saturated heterocycles. The van der Waals surface area contributed by atoms with Crippen LogP contribution in [-0.4, -0.2) is 48.0 Å². The number of aromatic carboxylic acids is 1. The number of anilines is 1. The van der Waals surface area contributed by atoms with Gasteiger partial charge >= 0.3 is 5.97 Å². The van der Waals surface area contributed by atoms with Gasteiger partial charge in [0.15, 0.2) is 0 Å². The molecule has 134 valence electrons. The predicted octanol–water partition coefficient (Wildman–Crippen LogP) is 1.61. The number of fused-ring (bicyclic) bond motifs is 1. The highest BCUT2D eigenvalue weighted by molar-refractivity contribution is 5.93. The molecule has 0 radical (unpaired) electrons. The Hall–Kier alpha value is -2.48. The lowest BCUT2D eigenvalue weighted by atomic mass is 10.1. The third kappa shape index (κ3) is 3.21. The van der Waals surface area contributed by atoms with Gasteiger partial charge in [-0.3, -0.25) is 4.79 Å². The Morgan fingerprint density at radius 3 is 2.84 bits per heavy atom. The van der Waals surface area contributed by atoms with Gasteiger partial charge in [-0.25, -0.2) is 13.6 Å². The minimum atomic E-state index is -1.42. The lowest BCUT2D eigenvalue weighted by Crippen LogP contribution is -2.49. The second kappa shape index (κ2) is 6.79. The van der Waals surface area contributed by atoms with E-state index in [1.54, 1.807) is 0 Å². The van der Waals surface area contributed by atoms with Gasteiger partial charge in [0.2, 0.25) is 5.43 Å². The van der Waals surface area contributed by atoms with E-state index in [1.807, 2.05) is 11.8 Å². The van der Waals surface area contributed by atoms with Gasteiger partial charge in [-0.05, 0) is 19.1 Å². The summed E-state index contributed by atoms with van der Waals surface area (Å²) in [6.45, 7) is 3.06. The second-order valence-electron chi connectivity index (χ2n) is 6.18. The van der Waals surface area contributed by atoms with Crippen LogP contribution in [0.1, 0.15) is 17.3 Å². The second-order valence-corrected chi connectivity index (χ2v) is 6.18. The fourth-order valence-corrected chi connectivity index (χ4v) is 3.22. The summed E-state index contributed by atoms with van der Waals surface area (Å²) < 4.78 is 28.9. The lowest BCUT2D eigenvalue weighted by Gasteiger charge is -2.34. The number of hydrogen-bond acceptors (Lipinski definition) is 4. The molecule has 1 aliphatic heterocycles. The molecule has 1 aromatic heterocycles. The summed E-state index contributed by atoms with van der Waals surface area (Å²) >= 11 is 0. The Morgan fingerprint density at radius 2 is 2.20 bits per heavy atom. The first-order valence-corrected chi connectivity index (χ1v) is 8.06. The van der Waals surface area contributed by atoms with E-state index in [0.29, 0.717) is 30.8 Å². The van der Waals surface area contributed by atoms with Crippen molar-refractivity contribution in [2.75, 3.05) is 31.2 Å². The third-order valence-electron chi connectivity index (χ3n) is 4.41. The number of piperazine rings is 1. The number of benzene rings is 1. The maximum Gasteiger partial charge on any atom is 0.341 e. The number of aromatic nitrogens is 1. The Labute approximate surface area is 142 Å². The molecule has 1 aromatic carbocycles. The van der Waals surface area contributed by atoms with Crippen molar-refractivity contribution in [3.63, 3.8) is 0 Å². The molecular formula is C17H19F2N3O3. The van der Waals surface area contributed by atoms with Gasteiger partial charge in [0.1, 0.15) is 18.1 Å². The van der Waals surface area contributed by atoms with Gasteiger partial charge in [0, 0.05) is 37.3 Å². The quantitative estimate of drug-likeness (QED) is 0.875. The number of halogens is 2. The summed E-state index contributed by atoms with van der Waals surface area (Å²) in [5, 5.41) is 12.4. The molecular weight excluding hydrogens is 332 g/mol. The number of carboxylic acid groups (broad SMARTS) is 1. The molecule has 0 bridgehead atoms. The zero-order valence-electron chi connectivity index (χ0n) is 13.8. The van der Waals surface area contributed by atoms with E-state index in [-0.39, 0.29) is 18.0 Å². The van der Waals surface area contributed by atoms with Crippen molar-refractivity contribution in [1.29, 1.82) is 0 Å². The van der Waals surface area contributed by atoms with Crippen LogP contribution in [0.25, 0.3) is 10.9 Å². The molecule has 1 unspecified atom stereocenters. The van der Waals surface area contributed by atoms with E-state index < -0.39 is 29.5 Å². The molecule has 2 N–H and O–H groups in total. The molecule has 2 heterocycles. The van der Waals surface area contributed by atoms with Crippen molar-refractivity contribution in [1.82, 2.24) is 9.88 Å². The third-order valence-corrected chi connectivity index (χ3v) is 4.41. The summed E-state index contributed by atoms with van der Waals surface area (Å²) in [7, 11) is 0. The summed E-state index contributed by atoms with van der Waals surface area (Å²) in [6.07, 6.45) is 1.12. The number of nitrogens with one attached hydrogen (secondary N) is 1. The van der Waals surface area contributed by atoms with E-state index in [2.05, 4.69) is 5.32 Å². The number of nitrogens with zero attached hydrogens (tertiary/aromatic N) is 2. The van der Waals surface area contributed by atoms with E-state index in [1.165, 1.54) is 10.6 Å². The van der Waals surface area contributed by atoms with Crippen LogP contribution in [0.2, 0.25) is 0 Å². The van der Waals surface area contributed by atoms with Crippen molar-refractivity contribution < 1.29 is 18.7 Å². The van der Waals surface area contributed by atoms with Crippen LogP contribution in [0.15, 0.2) is 23.1 Å². The SMILES string of the molecule is CC1CN(c2cc3c(cc2F)c(=O)c(C(=O)O)cn3CCF)CCN1. The summed E-state index contributed by atoms with van der Waals surface area (Å²) in [5.41, 5.74) is -0.605. The fourth-order valence-electron chi connectivity index (χ4n) is 3.22. The molecule has 2 aromatic rings. The highest BCUT2D eigenvalue weighted by Gasteiger charge is 2.22. The van der Waals surface area contributed by atoms with Gasteiger partial charge in [0.25, 0.3) is 0 Å². The molecule has 1 aliphatic rings. The molecule has 1 atom stereocenters. The van der Waals surface area contributed by atoms with Gasteiger partial charge in [0.05, 0.1) is 17.7 Å². The molecule has 0 spiro atoms. The number of carboxylic acids is 1. The van der Waals surface area contributed by atoms with Crippen molar-refractivity contribution in [2.45, 2.75) is 19.5 Å². The zero-order valence-corrected chi connectivity index (χ0v) is 13.8. The van der Waals surface area contributed by atoms with Crippen molar-refractivity contribution in [2.24, 2.45) is 0 Å². The molecule has 25 heavy (non-hydrogen) atoms. The number of carbonyl (C=O) groups is 1. The maximum atomic E-state index is 14.6. The molecule has 0 amide bonds. The fraction of sp³-hybridized carbons (Fsp3) is 0.412. The van der Waals surface area contributed by atoms with Crippen LogP contribution >= 0.6 is 0 Å². The minimum absolute atomic E-state index is 0.0576. The number of rotatable bonds is 4. The number of aryl methyl sites for hydroxylation is 1. The Kier molecular flexibility index (Phi) is 4.71. The minimum Gasteiger partial charge on any atom is -0.477 e. The highest BCUT2D eigenvalue weighted by Crippen LogP contribution is 2.26. The molecule has 1 fully saturated rings. The van der Waals surface area contributed by atoms with Crippen LogP contribution < -0.4 is 15.6 Å². The zero-order chi connectivity index (χ0) is 18.1. The van der Waals surface area contributed by atoms with Crippen molar-refractivity contribution in [3.8, 4) is 0 Å². The average Bonchev–Trinajstić information content (AvgIpc) is 2.57. The molecule has 8 heteroatoms. The first-order valence-electron chi connectivity index (χ1n) is 8.06. The number of alkyl halides is 1. The number of pyridine rings is 1. The standard InChI is InChI=1S/C17H19F2N3O3/c1-10-8-22(5-3-20-10)15-7-14-11(6-13(15)19)16(23)12(17(24)25)9-21(14)4-2-18/h6-7,9-10,20H,2-5,8H2,1H3,(H,24,25). The Bertz CT molecular complexity index is 882. The number of hydrogen-bond donors (Lipinski definition) is 2. The van der Waals surface area contributed by atoms with Crippen LogP contribution in [0.4, 0.5) is 14.5 Å². The van der Waals surface area contributed by atoms with Crippen molar-refractivity contribution >= 4 is 22.6 Å². The van der Waals surface area contributed by atoms with Crippen LogP contribution in [0.3, 0.4) is 0 Å². The van der Waals surface area contributed by atoms with E-state index in [0.717, 1.165) is 12.3 Å². The topological polar surface area (TPSA) is 74.6 Å². The summed E-state index contributed by atoms with van der Waals surface area (Å²) in [6, 6.07) is 2.75. The largest absolute Gasteiger partial charge is 0.477 e. The Balaban J connectivity index is 2.21. The van der Waals surface area contributed by atoms with E-state index in [4.69, 9.17) is 5.11 Å². The first kappa shape index (κ1) is 17.3. The Morgan fingerprint density at radius 1 is 1.44 bits per heavy atom. The predicted molar refractivity (Wildman–Crippen MR) is 90.8 cm³/mol. The van der Waals surface area contributed by atoms with Gasteiger partial charge < -0.3 is 19.9 Å². The first-order chi connectivity index (χ1) is 11.9. The lowest BCUT2D eigenvalue weighted by molar-refractivity contribution is 0.0694. The van der Waals surface area contributed by atoms with E-state index >= 15 is 0 Å². The highest BCUT2D eigenvalue weighted by atomic mass is 19.1. The monoisotopic (exact) mass is 351 g/mol. The van der Waals surface area contributed by atoms with Gasteiger partial charge in [-0.1, -0.05) is 0 Å². The van der Waals surface area contributed by atoms with Crippen LogP contribution in [0.5, 0.6) is 0 Å². The molecule has 0 saturated carbocycles. The van der Waals surface area contributed by atoms with Gasteiger partial charge in [-0.15, -0.1) is 0 Å². The van der Waals surface area contributed by atoms with Crippen molar-refractivity contribution in [3.05, 3.63) is 39.9 Å². The van der Waals surface area contributed by atoms with E-state index in [9.17, 15) is 18.4 Å². The smallest absolute Gasteiger partial charge is 0.341 e. The average molecular weight is 351 g/mol. The molecule has 3 rings (SSSR count). The van der Waals surface area contributed by atoms with Gasteiger partial charge in [-0.2, -0.15) is 0 Å². The normalized spacial score (nSPS) is 17.9. The molecule has 6 nitrogen and oxygen atoms in total.